The molecule has 0 spiro atoms. The van der Waals surface area contributed by atoms with Crippen LogP contribution in [0.1, 0.15) is 95.9 Å². The van der Waals surface area contributed by atoms with Crippen LogP contribution in [-0.4, -0.2) is 22.5 Å². The third-order valence-electron chi connectivity index (χ3n) is 3.10. The lowest BCUT2D eigenvalue weighted by Gasteiger charge is -2.32. The predicted octanol–water partition coefficient (Wildman–Crippen LogP) is 6.96. The maximum Gasteiger partial charge on any atom is 0.210 e. The van der Waals surface area contributed by atoms with Gasteiger partial charge >= 0.3 is 0 Å². The van der Waals surface area contributed by atoms with Gasteiger partial charge in [-0.2, -0.15) is 20.5 Å². The van der Waals surface area contributed by atoms with Crippen molar-refractivity contribution in [1.29, 1.82) is 0 Å². The summed E-state index contributed by atoms with van der Waals surface area (Å²) >= 11 is 0. The third kappa shape index (κ3) is 12.5. The first-order valence-electron chi connectivity index (χ1n) is 9.70. The van der Waals surface area contributed by atoms with Gasteiger partial charge in [-0.1, -0.05) is 27.7 Å². The van der Waals surface area contributed by atoms with Crippen LogP contribution in [0.15, 0.2) is 20.5 Å². The molecule has 0 N–H and O–H groups in total. The largest absolute Gasteiger partial charge is 0.210 e. The summed E-state index contributed by atoms with van der Waals surface area (Å²) in [6.07, 6.45) is 1.39. The van der Waals surface area contributed by atoms with Crippen molar-refractivity contribution in [3.05, 3.63) is 0 Å². The van der Waals surface area contributed by atoms with Crippen LogP contribution in [0.25, 0.3) is 0 Å². The molecule has 26 heavy (non-hydrogen) atoms. The minimum absolute atomic E-state index is 0.269. The molecular formula is C20H42N4O2. The Bertz CT molecular complexity index is 431. The standard InChI is InChI=1S/C20H42N4O2/c1-15(2)13-19(11,23-21-17(5,6)7)25-26-20(12,14-16(3)4)24-22-18(8,9)10/h15-16H,13-14H2,1-12H3. The van der Waals surface area contributed by atoms with Crippen molar-refractivity contribution in [2.75, 3.05) is 0 Å². The highest BCUT2D eigenvalue weighted by Gasteiger charge is 2.35. The van der Waals surface area contributed by atoms with Crippen molar-refractivity contribution in [1.82, 2.24) is 0 Å². The number of azo groups is 2. The Morgan fingerprint density at radius 1 is 0.538 bits per heavy atom. The van der Waals surface area contributed by atoms with Crippen LogP contribution in [0.5, 0.6) is 0 Å². The zero-order valence-electron chi connectivity index (χ0n) is 19.2. The van der Waals surface area contributed by atoms with Gasteiger partial charge in [0, 0.05) is 12.8 Å². The SMILES string of the molecule is CC(C)CC(C)(N=NC(C)(C)C)OOC(C)(CC(C)C)N=NC(C)(C)C. The first-order chi connectivity index (χ1) is 11.5. The van der Waals surface area contributed by atoms with E-state index in [-0.39, 0.29) is 11.1 Å². The van der Waals surface area contributed by atoms with E-state index in [9.17, 15) is 0 Å². The summed E-state index contributed by atoms with van der Waals surface area (Å²) < 4.78 is 0. The molecular weight excluding hydrogens is 328 g/mol. The Morgan fingerprint density at radius 3 is 1.00 bits per heavy atom. The molecule has 0 aliphatic heterocycles. The van der Waals surface area contributed by atoms with Gasteiger partial charge in [-0.3, -0.25) is 0 Å². The highest BCUT2D eigenvalue weighted by molar-refractivity contribution is 4.77. The second-order valence-corrected chi connectivity index (χ2v) is 10.5. The van der Waals surface area contributed by atoms with Crippen molar-refractivity contribution >= 4 is 0 Å². The van der Waals surface area contributed by atoms with Crippen molar-refractivity contribution in [3.8, 4) is 0 Å². The summed E-state index contributed by atoms with van der Waals surface area (Å²) in [6.45, 7) is 24.4. The quantitative estimate of drug-likeness (QED) is 0.250. The van der Waals surface area contributed by atoms with Crippen LogP contribution < -0.4 is 0 Å². The Labute approximate surface area is 161 Å². The fourth-order valence-electron chi connectivity index (χ4n) is 2.39. The Morgan fingerprint density at radius 2 is 0.808 bits per heavy atom. The van der Waals surface area contributed by atoms with Gasteiger partial charge in [0.25, 0.3) is 0 Å². The van der Waals surface area contributed by atoms with Gasteiger partial charge in [0.1, 0.15) is 0 Å². The highest BCUT2D eigenvalue weighted by atomic mass is 17.2. The Hall–Kier alpha value is -0.880. The summed E-state index contributed by atoms with van der Waals surface area (Å²) in [5, 5.41) is 17.7. The monoisotopic (exact) mass is 370 g/mol. The molecule has 0 heterocycles. The van der Waals surface area contributed by atoms with E-state index in [1.165, 1.54) is 0 Å². The Kier molecular flexibility index (Phi) is 9.04. The van der Waals surface area contributed by atoms with E-state index in [0.717, 1.165) is 0 Å². The van der Waals surface area contributed by atoms with Crippen LogP contribution in [0.3, 0.4) is 0 Å². The molecule has 0 radical (unpaired) electrons. The molecule has 0 saturated carbocycles. The molecule has 6 heteroatoms. The normalized spacial score (nSPS) is 18.8. The number of nitrogens with zero attached hydrogens (tertiary/aromatic N) is 4. The van der Waals surface area contributed by atoms with Gasteiger partial charge in [0.05, 0.1) is 11.1 Å². The smallest absolute Gasteiger partial charge is 0.202 e. The number of hydrogen-bond donors (Lipinski definition) is 0. The fourth-order valence-corrected chi connectivity index (χ4v) is 2.39. The second-order valence-electron chi connectivity index (χ2n) is 10.5. The molecule has 0 aromatic carbocycles. The van der Waals surface area contributed by atoms with E-state index in [0.29, 0.717) is 24.7 Å². The van der Waals surface area contributed by atoms with E-state index in [2.05, 4.69) is 48.2 Å². The third-order valence-corrected chi connectivity index (χ3v) is 3.10. The molecule has 0 fully saturated rings. The average molecular weight is 371 g/mol. The maximum atomic E-state index is 5.85. The molecule has 0 aromatic heterocycles. The zero-order chi connectivity index (χ0) is 20.8. The lowest BCUT2D eigenvalue weighted by atomic mass is 10.0. The molecule has 0 aliphatic rings. The molecule has 0 saturated heterocycles. The topological polar surface area (TPSA) is 67.9 Å². The van der Waals surface area contributed by atoms with E-state index >= 15 is 0 Å². The summed E-state index contributed by atoms with van der Waals surface area (Å²) in [5.74, 6) is 0.769. The van der Waals surface area contributed by atoms with Gasteiger partial charge < -0.3 is 0 Å². The molecule has 6 nitrogen and oxygen atoms in total. The molecule has 154 valence electrons. The first-order valence-corrected chi connectivity index (χ1v) is 9.70. The predicted molar refractivity (Wildman–Crippen MR) is 107 cm³/mol. The summed E-state index contributed by atoms with van der Waals surface area (Å²) in [5.41, 5.74) is -2.27. The minimum atomic E-state index is -0.864. The van der Waals surface area contributed by atoms with E-state index in [4.69, 9.17) is 9.78 Å². The van der Waals surface area contributed by atoms with Crippen molar-refractivity contribution < 1.29 is 9.78 Å². The fraction of sp³-hybridized carbons (Fsp3) is 1.00. The number of rotatable bonds is 9. The van der Waals surface area contributed by atoms with Gasteiger partial charge in [0.2, 0.25) is 11.4 Å². The summed E-state index contributed by atoms with van der Waals surface area (Å²) in [7, 11) is 0. The summed E-state index contributed by atoms with van der Waals surface area (Å²) in [4.78, 5) is 11.7. The first kappa shape index (κ1) is 25.1. The van der Waals surface area contributed by atoms with Crippen molar-refractivity contribution in [2.45, 2.75) is 118 Å². The molecule has 0 aromatic rings. The lowest BCUT2D eigenvalue weighted by Crippen LogP contribution is -2.36. The molecule has 0 bridgehead atoms. The van der Waals surface area contributed by atoms with Crippen LogP contribution in [0.4, 0.5) is 0 Å². The van der Waals surface area contributed by atoms with E-state index in [1.807, 2.05) is 55.4 Å². The molecule has 2 atom stereocenters. The minimum Gasteiger partial charge on any atom is -0.202 e. The molecule has 0 rings (SSSR count). The average Bonchev–Trinajstić information content (AvgIpc) is 2.39. The molecule has 0 aliphatic carbocycles. The van der Waals surface area contributed by atoms with Crippen LogP contribution in [0, 0.1) is 11.8 Å². The maximum absolute atomic E-state index is 5.85. The van der Waals surface area contributed by atoms with Gasteiger partial charge in [0.15, 0.2) is 0 Å². The number of hydrogen-bond acceptors (Lipinski definition) is 6. The van der Waals surface area contributed by atoms with Gasteiger partial charge in [-0.05, 0) is 67.2 Å². The van der Waals surface area contributed by atoms with E-state index < -0.39 is 11.4 Å². The van der Waals surface area contributed by atoms with Crippen LogP contribution in [-0.2, 0) is 9.78 Å². The van der Waals surface area contributed by atoms with Gasteiger partial charge in [-0.25, -0.2) is 9.78 Å². The van der Waals surface area contributed by atoms with Crippen LogP contribution in [0.2, 0.25) is 0 Å². The van der Waals surface area contributed by atoms with Crippen molar-refractivity contribution in [3.63, 3.8) is 0 Å². The van der Waals surface area contributed by atoms with Crippen LogP contribution >= 0.6 is 0 Å². The zero-order valence-corrected chi connectivity index (χ0v) is 19.2. The molecule has 0 amide bonds. The highest BCUT2D eigenvalue weighted by Crippen LogP contribution is 2.31. The van der Waals surface area contributed by atoms with E-state index in [1.54, 1.807) is 0 Å². The lowest BCUT2D eigenvalue weighted by molar-refractivity contribution is -0.411. The van der Waals surface area contributed by atoms with Crippen molar-refractivity contribution in [2.24, 2.45) is 32.3 Å². The van der Waals surface area contributed by atoms with Gasteiger partial charge in [-0.15, -0.1) is 0 Å². The second kappa shape index (κ2) is 9.36. The molecule has 2 unspecified atom stereocenters. The Balaban J connectivity index is 5.44. The summed E-state index contributed by atoms with van der Waals surface area (Å²) in [6, 6.07) is 0.